The molecule has 151 valence electrons. The van der Waals surface area contributed by atoms with Gasteiger partial charge in [-0.15, -0.1) is 20.2 Å². The van der Waals surface area contributed by atoms with Crippen LogP contribution < -0.4 is 9.46 Å². The van der Waals surface area contributed by atoms with Gasteiger partial charge in [-0.1, -0.05) is 0 Å². The maximum Gasteiger partial charge on any atom is 0.291 e. The average molecular weight is 429 g/mol. The molecule has 27 heavy (non-hydrogen) atoms. The van der Waals surface area contributed by atoms with Crippen LogP contribution in [0.4, 0.5) is 0 Å². The van der Waals surface area contributed by atoms with Crippen molar-refractivity contribution in [3.63, 3.8) is 0 Å². The van der Waals surface area contributed by atoms with Crippen molar-refractivity contribution < 1.29 is 57.5 Å². The van der Waals surface area contributed by atoms with Crippen LogP contribution in [0.15, 0.2) is 36.4 Å². The SMILES string of the molecule is Cc1cccc(C)[n+]1O.Cc1cccc(C)[n+]1O.O=[N+]([O-])O.O=[N+]([O-])O.[Mn]. The first kappa shape index (κ1) is 28.6. The summed E-state index contributed by atoms with van der Waals surface area (Å²) in [6.45, 7) is 7.42. The molecule has 1 radical (unpaired) electrons. The fourth-order valence-electron chi connectivity index (χ4n) is 1.49. The maximum absolute atomic E-state index is 9.12. The summed E-state index contributed by atoms with van der Waals surface area (Å²) < 4.78 is 2.33. The zero-order valence-electron chi connectivity index (χ0n) is 15.1. The molecular formula is C14H22MnN4O8+2. The molecule has 0 aliphatic carbocycles. The molecule has 0 fully saturated rings. The topological polar surface area (TPSA) is 175 Å². The van der Waals surface area contributed by atoms with Crippen LogP contribution in [-0.4, -0.2) is 31.0 Å². The minimum absolute atomic E-state index is 0. The minimum Gasteiger partial charge on any atom is -0.328 e. The summed E-state index contributed by atoms with van der Waals surface area (Å²) >= 11 is 0. The Hall–Kier alpha value is -3.18. The predicted octanol–water partition coefficient (Wildman–Crippen LogP) is 0.959. The van der Waals surface area contributed by atoms with Crippen molar-refractivity contribution >= 4 is 0 Å². The van der Waals surface area contributed by atoms with Gasteiger partial charge in [0.2, 0.25) is 22.8 Å². The van der Waals surface area contributed by atoms with Gasteiger partial charge in [0, 0.05) is 78.5 Å². The first-order valence-corrected chi connectivity index (χ1v) is 6.91. The molecule has 2 heterocycles. The van der Waals surface area contributed by atoms with Gasteiger partial charge < -0.3 is 10.4 Å². The third-order valence-corrected chi connectivity index (χ3v) is 2.69. The number of hydrogen-bond acceptors (Lipinski definition) is 6. The smallest absolute Gasteiger partial charge is 0.291 e. The van der Waals surface area contributed by atoms with Crippen LogP contribution in [0.2, 0.25) is 0 Å². The number of hydrogen-bond donors (Lipinski definition) is 4. The van der Waals surface area contributed by atoms with Gasteiger partial charge in [-0.3, -0.25) is 10.4 Å². The van der Waals surface area contributed by atoms with Crippen molar-refractivity contribution in [2.24, 2.45) is 0 Å². The van der Waals surface area contributed by atoms with Crippen molar-refractivity contribution in [3.8, 4) is 0 Å². The predicted molar refractivity (Wildman–Crippen MR) is 84.2 cm³/mol. The van der Waals surface area contributed by atoms with E-state index < -0.39 is 10.2 Å². The molecule has 0 bridgehead atoms. The number of nitrogens with zero attached hydrogens (tertiary/aromatic N) is 4. The second kappa shape index (κ2) is 15.1. The van der Waals surface area contributed by atoms with Gasteiger partial charge in [-0.25, -0.2) is 0 Å². The molecule has 2 rings (SSSR count). The monoisotopic (exact) mass is 429 g/mol. The van der Waals surface area contributed by atoms with Crippen LogP contribution in [-0.2, 0) is 17.1 Å². The summed E-state index contributed by atoms with van der Waals surface area (Å²) in [5, 5.41) is 45.5. The van der Waals surface area contributed by atoms with Crippen LogP contribution in [0.3, 0.4) is 0 Å². The van der Waals surface area contributed by atoms with Crippen LogP contribution in [0.25, 0.3) is 0 Å². The quantitative estimate of drug-likeness (QED) is 0.157. The van der Waals surface area contributed by atoms with E-state index in [1.807, 2.05) is 64.1 Å². The normalized spacial score (nSPS) is 8.15. The zero-order chi connectivity index (χ0) is 20.9. The van der Waals surface area contributed by atoms with E-state index in [0.29, 0.717) is 0 Å². The van der Waals surface area contributed by atoms with Crippen molar-refractivity contribution in [1.82, 2.24) is 0 Å². The molecule has 0 aliphatic heterocycles. The van der Waals surface area contributed by atoms with E-state index in [1.54, 1.807) is 0 Å². The van der Waals surface area contributed by atoms with Gasteiger partial charge >= 0.3 is 0 Å². The standard InChI is InChI=1S/2C7H10NO.Mn.2HNO3/c2*1-6-4-3-5-7(2)8(6)9;;2*2-1(3)4/h2*3-5,9H,1-2H3;;2*(H,2,3,4)/q2*+1;;;. The second-order valence-corrected chi connectivity index (χ2v) is 4.72. The number of aryl methyl sites for hydroxylation is 4. The molecule has 0 aliphatic rings. The molecule has 2 aromatic rings. The van der Waals surface area contributed by atoms with Crippen molar-refractivity contribution in [2.75, 3.05) is 0 Å². The van der Waals surface area contributed by atoms with E-state index in [-0.39, 0.29) is 17.1 Å². The summed E-state index contributed by atoms with van der Waals surface area (Å²) in [7, 11) is 0. The molecule has 13 heteroatoms. The first-order valence-electron chi connectivity index (χ1n) is 6.91. The van der Waals surface area contributed by atoms with E-state index in [9.17, 15) is 0 Å². The third kappa shape index (κ3) is 16.1. The Balaban J connectivity index is -0.000000303. The molecule has 2 aromatic heterocycles. The second-order valence-electron chi connectivity index (χ2n) is 4.72. The van der Waals surface area contributed by atoms with E-state index in [4.69, 9.17) is 41.1 Å². The molecule has 0 aromatic carbocycles. The van der Waals surface area contributed by atoms with Gasteiger partial charge in [0.05, 0.1) is 0 Å². The number of aromatic nitrogens is 2. The van der Waals surface area contributed by atoms with Crippen molar-refractivity contribution in [1.29, 1.82) is 0 Å². The fourth-order valence-corrected chi connectivity index (χ4v) is 1.49. The van der Waals surface area contributed by atoms with Crippen LogP contribution in [0.5, 0.6) is 0 Å². The van der Waals surface area contributed by atoms with Gasteiger partial charge in [-0.05, 0) is 12.1 Å². The Kier molecular flexibility index (Phi) is 16.0. The summed E-state index contributed by atoms with van der Waals surface area (Å²) in [5.74, 6) is 0. The van der Waals surface area contributed by atoms with Crippen LogP contribution in [0.1, 0.15) is 22.8 Å². The average Bonchev–Trinajstić information content (AvgIpc) is 2.50. The summed E-state index contributed by atoms with van der Waals surface area (Å²) in [4.78, 5) is 16.7. The van der Waals surface area contributed by atoms with E-state index in [1.165, 1.54) is 9.46 Å². The molecule has 0 atom stereocenters. The Bertz CT molecular complexity index is 620. The summed E-state index contributed by atoms with van der Waals surface area (Å²) in [6, 6.07) is 11.2. The minimum atomic E-state index is -1.50. The summed E-state index contributed by atoms with van der Waals surface area (Å²) in [5.41, 5.74) is 3.43. The maximum atomic E-state index is 9.12. The van der Waals surface area contributed by atoms with Crippen LogP contribution >= 0.6 is 0 Å². The molecule has 0 saturated carbocycles. The molecule has 4 N–H and O–H groups in total. The molecule has 12 nitrogen and oxygen atoms in total. The molecular weight excluding hydrogens is 407 g/mol. The van der Waals surface area contributed by atoms with Gasteiger partial charge in [-0.2, -0.15) is 0 Å². The van der Waals surface area contributed by atoms with Crippen molar-refractivity contribution in [3.05, 3.63) is 79.4 Å². The largest absolute Gasteiger partial charge is 0.328 e. The molecule has 0 unspecified atom stereocenters. The van der Waals surface area contributed by atoms with E-state index in [2.05, 4.69) is 0 Å². The number of pyridine rings is 2. The summed E-state index contributed by atoms with van der Waals surface area (Å²) in [6.07, 6.45) is 0. The van der Waals surface area contributed by atoms with Gasteiger partial charge in [0.1, 0.15) is 0 Å². The molecule has 0 spiro atoms. The Morgan fingerprint density at radius 1 is 0.704 bits per heavy atom. The third-order valence-electron chi connectivity index (χ3n) is 2.69. The van der Waals surface area contributed by atoms with E-state index in [0.717, 1.165) is 22.8 Å². The Labute approximate surface area is 165 Å². The van der Waals surface area contributed by atoms with Gasteiger partial charge in [0.25, 0.3) is 10.2 Å². The Morgan fingerprint density at radius 3 is 0.963 bits per heavy atom. The zero-order valence-corrected chi connectivity index (χ0v) is 16.2. The number of rotatable bonds is 0. The van der Waals surface area contributed by atoms with Crippen molar-refractivity contribution in [2.45, 2.75) is 27.7 Å². The van der Waals surface area contributed by atoms with E-state index >= 15 is 0 Å². The molecule has 0 saturated heterocycles. The fraction of sp³-hybridized carbons (Fsp3) is 0.286. The first-order chi connectivity index (χ1) is 11.9. The van der Waals surface area contributed by atoms with Crippen LogP contribution in [0, 0.1) is 47.9 Å². The molecule has 0 amide bonds. The Morgan fingerprint density at radius 2 is 0.852 bits per heavy atom. The van der Waals surface area contributed by atoms with Gasteiger partial charge in [0.15, 0.2) is 0 Å².